The number of hydrogen-bond acceptors (Lipinski definition) is 4. The first-order valence-corrected chi connectivity index (χ1v) is 8.27. The first-order valence-electron chi connectivity index (χ1n) is 8.27. The Balaban J connectivity index is 1.58. The molecule has 132 valence electrons. The number of anilines is 2. The van der Waals surface area contributed by atoms with Crippen LogP contribution < -0.4 is 10.2 Å². The number of carbonyl (C=O) groups is 1. The summed E-state index contributed by atoms with van der Waals surface area (Å²) in [5, 5.41) is 2.76. The highest BCUT2D eigenvalue weighted by molar-refractivity contribution is 5.93. The molecule has 0 fully saturated rings. The largest absolute Gasteiger partial charge is 0.352 e. The minimum Gasteiger partial charge on any atom is -0.352 e. The van der Waals surface area contributed by atoms with Gasteiger partial charge in [-0.1, -0.05) is 36.4 Å². The maximum absolute atomic E-state index is 13.6. The summed E-state index contributed by atoms with van der Waals surface area (Å²) in [6, 6.07) is 16.2. The van der Waals surface area contributed by atoms with Crippen LogP contribution in [0, 0.1) is 5.82 Å². The van der Waals surface area contributed by atoms with Gasteiger partial charge in [0.2, 0.25) is 5.95 Å². The number of carbonyl (C=O) groups excluding carboxylic acids is 1. The molecule has 0 bridgehead atoms. The molecule has 1 aromatic heterocycles. The topological polar surface area (TPSA) is 58.1 Å². The summed E-state index contributed by atoms with van der Waals surface area (Å²) in [7, 11) is 1.86. The zero-order chi connectivity index (χ0) is 18.4. The minimum absolute atomic E-state index is 0.265. The van der Waals surface area contributed by atoms with Crippen LogP contribution in [0.1, 0.15) is 15.9 Å². The number of amides is 1. The molecule has 3 rings (SSSR count). The van der Waals surface area contributed by atoms with Gasteiger partial charge in [0.1, 0.15) is 5.82 Å². The molecular formula is C20H19FN4O. The number of para-hydroxylation sites is 1. The third-order valence-corrected chi connectivity index (χ3v) is 3.98. The molecular weight excluding hydrogens is 331 g/mol. The molecule has 0 atom stereocenters. The molecule has 1 N–H and O–H groups in total. The summed E-state index contributed by atoms with van der Waals surface area (Å²) in [6.45, 7) is 0.339. The van der Waals surface area contributed by atoms with E-state index in [4.69, 9.17) is 0 Å². The van der Waals surface area contributed by atoms with Crippen LogP contribution in [0.25, 0.3) is 0 Å². The van der Waals surface area contributed by atoms with Crippen molar-refractivity contribution in [2.45, 2.75) is 6.42 Å². The molecule has 2 aromatic carbocycles. The third kappa shape index (κ3) is 4.22. The number of nitrogens with one attached hydrogen (secondary N) is 1. The van der Waals surface area contributed by atoms with Gasteiger partial charge in [-0.2, -0.15) is 0 Å². The molecule has 1 amide bonds. The Morgan fingerprint density at radius 1 is 1.04 bits per heavy atom. The van der Waals surface area contributed by atoms with Gasteiger partial charge >= 0.3 is 0 Å². The maximum atomic E-state index is 13.6. The van der Waals surface area contributed by atoms with E-state index in [0.717, 1.165) is 5.69 Å². The summed E-state index contributed by atoms with van der Waals surface area (Å²) in [6.07, 6.45) is 3.40. The summed E-state index contributed by atoms with van der Waals surface area (Å²) in [5.74, 6) is -0.0484. The Bertz CT molecular complexity index is 868. The molecule has 0 unspecified atom stereocenters. The second-order valence-electron chi connectivity index (χ2n) is 5.76. The second kappa shape index (κ2) is 8.20. The van der Waals surface area contributed by atoms with Gasteiger partial charge in [0.15, 0.2) is 0 Å². The predicted molar refractivity (Wildman–Crippen MR) is 99.0 cm³/mol. The van der Waals surface area contributed by atoms with E-state index in [1.54, 1.807) is 18.2 Å². The van der Waals surface area contributed by atoms with Crippen LogP contribution in [0.5, 0.6) is 0 Å². The molecule has 0 aliphatic heterocycles. The van der Waals surface area contributed by atoms with Gasteiger partial charge in [-0.05, 0) is 30.2 Å². The summed E-state index contributed by atoms with van der Waals surface area (Å²) >= 11 is 0. The van der Waals surface area contributed by atoms with Crippen molar-refractivity contribution in [2.24, 2.45) is 0 Å². The van der Waals surface area contributed by atoms with Crippen LogP contribution >= 0.6 is 0 Å². The molecule has 3 aromatic rings. The van der Waals surface area contributed by atoms with Crippen molar-refractivity contribution in [2.75, 3.05) is 18.5 Å². The Morgan fingerprint density at radius 2 is 1.69 bits per heavy atom. The highest BCUT2D eigenvalue weighted by Gasteiger charge is 2.10. The highest BCUT2D eigenvalue weighted by atomic mass is 19.1. The minimum atomic E-state index is -0.282. The van der Waals surface area contributed by atoms with Crippen LogP contribution in [0.15, 0.2) is 67.0 Å². The van der Waals surface area contributed by atoms with Crippen LogP contribution in [-0.2, 0) is 6.42 Å². The fourth-order valence-corrected chi connectivity index (χ4v) is 2.49. The van der Waals surface area contributed by atoms with E-state index in [-0.39, 0.29) is 11.7 Å². The van der Waals surface area contributed by atoms with E-state index in [1.807, 2.05) is 42.3 Å². The van der Waals surface area contributed by atoms with E-state index in [0.29, 0.717) is 30.0 Å². The van der Waals surface area contributed by atoms with Crippen molar-refractivity contribution >= 4 is 17.5 Å². The molecule has 0 spiro atoms. The van der Waals surface area contributed by atoms with Gasteiger partial charge in [-0.25, -0.2) is 14.4 Å². The van der Waals surface area contributed by atoms with Crippen LogP contribution in [0.3, 0.4) is 0 Å². The Labute approximate surface area is 151 Å². The lowest BCUT2D eigenvalue weighted by atomic mass is 10.1. The molecule has 1 heterocycles. The highest BCUT2D eigenvalue weighted by Crippen LogP contribution is 2.18. The summed E-state index contributed by atoms with van der Waals surface area (Å²) in [4.78, 5) is 22.5. The zero-order valence-electron chi connectivity index (χ0n) is 14.4. The second-order valence-corrected chi connectivity index (χ2v) is 5.76. The number of rotatable bonds is 6. The third-order valence-electron chi connectivity index (χ3n) is 3.98. The number of halogens is 1. The first-order chi connectivity index (χ1) is 12.6. The molecule has 0 saturated heterocycles. The van der Waals surface area contributed by atoms with Crippen LogP contribution in [-0.4, -0.2) is 29.5 Å². The average molecular weight is 350 g/mol. The van der Waals surface area contributed by atoms with Crippen LogP contribution in [0.2, 0.25) is 0 Å². The average Bonchev–Trinajstić information content (AvgIpc) is 2.69. The van der Waals surface area contributed by atoms with Gasteiger partial charge in [0, 0.05) is 31.7 Å². The van der Waals surface area contributed by atoms with Gasteiger partial charge in [-0.3, -0.25) is 4.79 Å². The lowest BCUT2D eigenvalue weighted by molar-refractivity contribution is 0.0953. The van der Waals surface area contributed by atoms with Gasteiger partial charge in [-0.15, -0.1) is 0 Å². The number of aromatic nitrogens is 2. The monoisotopic (exact) mass is 350 g/mol. The molecule has 0 radical (unpaired) electrons. The maximum Gasteiger partial charge on any atom is 0.254 e. The van der Waals surface area contributed by atoms with Gasteiger partial charge in [0.05, 0.1) is 5.56 Å². The molecule has 26 heavy (non-hydrogen) atoms. The Morgan fingerprint density at radius 3 is 2.38 bits per heavy atom. The lowest BCUT2D eigenvalue weighted by Gasteiger charge is -2.16. The van der Waals surface area contributed by atoms with Crippen molar-refractivity contribution < 1.29 is 9.18 Å². The van der Waals surface area contributed by atoms with E-state index in [9.17, 15) is 9.18 Å². The van der Waals surface area contributed by atoms with Crippen molar-refractivity contribution in [3.63, 3.8) is 0 Å². The van der Waals surface area contributed by atoms with E-state index >= 15 is 0 Å². The van der Waals surface area contributed by atoms with E-state index in [1.165, 1.54) is 18.5 Å². The smallest absolute Gasteiger partial charge is 0.254 e. The Kier molecular flexibility index (Phi) is 5.53. The van der Waals surface area contributed by atoms with E-state index < -0.39 is 0 Å². The number of nitrogens with zero attached hydrogens (tertiary/aromatic N) is 3. The van der Waals surface area contributed by atoms with Crippen molar-refractivity contribution in [3.05, 3.63) is 83.9 Å². The molecule has 0 saturated carbocycles. The standard InChI is InChI=1S/C20H19FN4O/c1-25(17-8-3-2-4-9-17)20-23-13-16(14-24-20)19(26)22-12-11-15-7-5-6-10-18(15)21/h2-10,13-14H,11-12H2,1H3,(H,22,26). The normalized spacial score (nSPS) is 10.4. The lowest BCUT2D eigenvalue weighted by Crippen LogP contribution is -2.26. The number of benzene rings is 2. The first kappa shape index (κ1) is 17.5. The fourth-order valence-electron chi connectivity index (χ4n) is 2.49. The number of hydrogen-bond donors (Lipinski definition) is 1. The Hall–Kier alpha value is -3.28. The van der Waals surface area contributed by atoms with Crippen molar-refractivity contribution in [3.8, 4) is 0 Å². The molecule has 0 aliphatic carbocycles. The SMILES string of the molecule is CN(c1ccccc1)c1ncc(C(=O)NCCc2ccccc2F)cn1. The van der Waals surface area contributed by atoms with Gasteiger partial charge < -0.3 is 10.2 Å². The summed E-state index contributed by atoms with van der Waals surface area (Å²) < 4.78 is 13.6. The van der Waals surface area contributed by atoms with Crippen LogP contribution in [0.4, 0.5) is 16.0 Å². The van der Waals surface area contributed by atoms with E-state index in [2.05, 4.69) is 15.3 Å². The molecule has 5 nitrogen and oxygen atoms in total. The van der Waals surface area contributed by atoms with Crippen molar-refractivity contribution in [1.82, 2.24) is 15.3 Å². The van der Waals surface area contributed by atoms with Gasteiger partial charge in [0.25, 0.3) is 5.91 Å². The predicted octanol–water partition coefficient (Wildman–Crippen LogP) is 3.36. The molecule has 6 heteroatoms. The zero-order valence-corrected chi connectivity index (χ0v) is 14.4. The van der Waals surface area contributed by atoms with Crippen molar-refractivity contribution in [1.29, 1.82) is 0 Å². The summed E-state index contributed by atoms with van der Waals surface area (Å²) in [5.41, 5.74) is 1.89. The quantitative estimate of drug-likeness (QED) is 0.741. The fraction of sp³-hybridized carbons (Fsp3) is 0.150. The molecule has 0 aliphatic rings.